The average molecular weight is 261 g/mol. The lowest BCUT2D eigenvalue weighted by Gasteiger charge is -2.21. The summed E-state index contributed by atoms with van der Waals surface area (Å²) >= 11 is 0. The topological polar surface area (TPSA) is 58.3 Å². The Morgan fingerprint density at radius 1 is 1.11 bits per heavy atom. The molecular weight excluding hydrogens is 238 g/mol. The number of hydrogen-bond acceptors (Lipinski definition) is 5. The van der Waals surface area contributed by atoms with E-state index in [-0.39, 0.29) is 0 Å². The van der Waals surface area contributed by atoms with Crippen LogP contribution in [0.4, 0.5) is 11.6 Å². The molecule has 5 heteroatoms. The van der Waals surface area contributed by atoms with Gasteiger partial charge < -0.3 is 15.5 Å². The molecule has 0 aliphatic carbocycles. The Balaban J connectivity index is 1.69. The number of anilines is 2. The number of hydrogen-bond donors (Lipinski definition) is 1. The largest absolute Gasteiger partial charge is 0.356 e. The van der Waals surface area contributed by atoms with Crippen molar-refractivity contribution in [1.29, 1.82) is 0 Å². The molecule has 0 saturated carbocycles. The normalized spacial score (nSPS) is 23.3. The van der Waals surface area contributed by atoms with Gasteiger partial charge in [-0.15, -0.1) is 0 Å². The molecule has 0 amide bonds. The minimum absolute atomic E-state index is 0.732. The van der Waals surface area contributed by atoms with Gasteiger partial charge in [0.15, 0.2) is 0 Å². The summed E-state index contributed by atoms with van der Waals surface area (Å²) in [6.45, 7) is 5.24. The van der Waals surface area contributed by atoms with E-state index in [0.717, 1.165) is 56.7 Å². The Kier molecular flexibility index (Phi) is 3.82. The van der Waals surface area contributed by atoms with E-state index in [1.54, 1.807) is 6.33 Å². The molecule has 1 aromatic rings. The van der Waals surface area contributed by atoms with Crippen molar-refractivity contribution >= 4 is 11.6 Å². The second-order valence-corrected chi connectivity index (χ2v) is 5.61. The Morgan fingerprint density at radius 3 is 2.58 bits per heavy atom. The number of rotatable bonds is 4. The van der Waals surface area contributed by atoms with Crippen LogP contribution in [0, 0.1) is 5.92 Å². The standard InChI is InChI=1S/C14H23N5/c15-5-3-12-4-8-19(10-12)14-9-13(16-11-17-14)18-6-1-2-7-18/h9,11-12H,1-8,10,15H2. The van der Waals surface area contributed by atoms with Crippen molar-refractivity contribution < 1.29 is 0 Å². The summed E-state index contributed by atoms with van der Waals surface area (Å²) in [5.74, 6) is 2.90. The van der Waals surface area contributed by atoms with Gasteiger partial charge in [-0.2, -0.15) is 0 Å². The molecule has 0 radical (unpaired) electrons. The third kappa shape index (κ3) is 2.81. The van der Waals surface area contributed by atoms with Crippen LogP contribution in [0.2, 0.25) is 0 Å². The molecule has 3 heterocycles. The first-order valence-electron chi connectivity index (χ1n) is 7.39. The van der Waals surface area contributed by atoms with E-state index in [1.807, 2.05) is 0 Å². The molecule has 2 fully saturated rings. The molecule has 0 aromatic carbocycles. The van der Waals surface area contributed by atoms with Gasteiger partial charge in [0.1, 0.15) is 18.0 Å². The molecule has 1 unspecified atom stereocenters. The highest BCUT2D eigenvalue weighted by molar-refractivity contribution is 5.51. The zero-order chi connectivity index (χ0) is 13.1. The Hall–Kier alpha value is -1.36. The predicted molar refractivity (Wildman–Crippen MR) is 77.5 cm³/mol. The molecule has 104 valence electrons. The third-order valence-corrected chi connectivity index (χ3v) is 4.25. The minimum atomic E-state index is 0.732. The molecular formula is C14H23N5. The van der Waals surface area contributed by atoms with Crippen LogP contribution in [-0.4, -0.2) is 42.7 Å². The molecule has 2 N–H and O–H groups in total. The minimum Gasteiger partial charge on any atom is -0.356 e. The van der Waals surface area contributed by atoms with Crippen LogP contribution in [0.1, 0.15) is 25.7 Å². The van der Waals surface area contributed by atoms with Gasteiger partial charge >= 0.3 is 0 Å². The first-order valence-corrected chi connectivity index (χ1v) is 7.39. The van der Waals surface area contributed by atoms with Crippen LogP contribution in [0.3, 0.4) is 0 Å². The van der Waals surface area contributed by atoms with Gasteiger partial charge in [-0.05, 0) is 38.1 Å². The fourth-order valence-electron chi connectivity index (χ4n) is 3.14. The molecule has 2 aliphatic heterocycles. The van der Waals surface area contributed by atoms with Gasteiger partial charge in [-0.3, -0.25) is 0 Å². The van der Waals surface area contributed by atoms with E-state index in [2.05, 4.69) is 25.8 Å². The maximum atomic E-state index is 5.65. The maximum absolute atomic E-state index is 5.65. The van der Waals surface area contributed by atoms with Gasteiger partial charge in [0.25, 0.3) is 0 Å². The summed E-state index contributed by atoms with van der Waals surface area (Å²) in [7, 11) is 0. The van der Waals surface area contributed by atoms with Crippen LogP contribution in [0.25, 0.3) is 0 Å². The molecule has 3 rings (SSSR count). The van der Waals surface area contributed by atoms with Crippen molar-refractivity contribution in [3.8, 4) is 0 Å². The lowest BCUT2D eigenvalue weighted by atomic mass is 10.1. The van der Waals surface area contributed by atoms with Crippen molar-refractivity contribution in [3.63, 3.8) is 0 Å². The van der Waals surface area contributed by atoms with Gasteiger partial charge in [0.05, 0.1) is 0 Å². The van der Waals surface area contributed by atoms with E-state index >= 15 is 0 Å². The quantitative estimate of drug-likeness (QED) is 0.884. The molecule has 0 spiro atoms. The zero-order valence-corrected chi connectivity index (χ0v) is 11.5. The molecule has 2 saturated heterocycles. The highest BCUT2D eigenvalue weighted by Crippen LogP contribution is 2.26. The van der Waals surface area contributed by atoms with Crippen molar-refractivity contribution in [1.82, 2.24) is 9.97 Å². The van der Waals surface area contributed by atoms with Crippen LogP contribution in [-0.2, 0) is 0 Å². The molecule has 1 aromatic heterocycles. The maximum Gasteiger partial charge on any atom is 0.134 e. The number of nitrogens with two attached hydrogens (primary N) is 1. The summed E-state index contributed by atoms with van der Waals surface area (Å²) < 4.78 is 0. The summed E-state index contributed by atoms with van der Waals surface area (Å²) in [4.78, 5) is 13.6. The van der Waals surface area contributed by atoms with Gasteiger partial charge in [0, 0.05) is 32.2 Å². The summed E-state index contributed by atoms with van der Waals surface area (Å²) in [5, 5.41) is 0. The fourth-order valence-corrected chi connectivity index (χ4v) is 3.14. The molecule has 2 aliphatic rings. The first kappa shape index (κ1) is 12.7. The lowest BCUT2D eigenvalue weighted by Crippen LogP contribution is -2.23. The van der Waals surface area contributed by atoms with Gasteiger partial charge in [-0.25, -0.2) is 9.97 Å². The smallest absolute Gasteiger partial charge is 0.134 e. The third-order valence-electron chi connectivity index (χ3n) is 4.25. The Labute approximate surface area is 114 Å². The Bertz CT molecular complexity index is 416. The van der Waals surface area contributed by atoms with Crippen LogP contribution < -0.4 is 15.5 Å². The van der Waals surface area contributed by atoms with Crippen molar-refractivity contribution in [2.45, 2.75) is 25.7 Å². The highest BCUT2D eigenvalue weighted by atomic mass is 15.2. The molecule has 0 bridgehead atoms. The second-order valence-electron chi connectivity index (χ2n) is 5.61. The summed E-state index contributed by atoms with van der Waals surface area (Å²) in [6, 6.07) is 2.15. The molecule has 5 nitrogen and oxygen atoms in total. The first-order chi connectivity index (χ1) is 9.36. The van der Waals surface area contributed by atoms with Crippen LogP contribution >= 0.6 is 0 Å². The average Bonchev–Trinajstić information content (AvgIpc) is 3.11. The second kappa shape index (κ2) is 5.74. The highest BCUT2D eigenvalue weighted by Gasteiger charge is 2.23. The summed E-state index contributed by atoms with van der Waals surface area (Å²) in [6.07, 6.45) is 6.63. The van der Waals surface area contributed by atoms with E-state index in [4.69, 9.17) is 5.73 Å². The van der Waals surface area contributed by atoms with Crippen molar-refractivity contribution in [3.05, 3.63) is 12.4 Å². The van der Waals surface area contributed by atoms with E-state index in [1.165, 1.54) is 19.3 Å². The zero-order valence-electron chi connectivity index (χ0n) is 11.5. The molecule has 19 heavy (non-hydrogen) atoms. The predicted octanol–water partition coefficient (Wildman–Crippen LogP) is 1.25. The number of nitrogens with zero attached hydrogens (tertiary/aromatic N) is 4. The van der Waals surface area contributed by atoms with Crippen molar-refractivity contribution in [2.75, 3.05) is 42.5 Å². The van der Waals surface area contributed by atoms with E-state index in [9.17, 15) is 0 Å². The van der Waals surface area contributed by atoms with E-state index < -0.39 is 0 Å². The summed E-state index contributed by atoms with van der Waals surface area (Å²) in [5.41, 5.74) is 5.65. The SMILES string of the molecule is NCCC1CCN(c2cc(N3CCCC3)ncn2)C1. The lowest BCUT2D eigenvalue weighted by molar-refractivity contribution is 0.546. The van der Waals surface area contributed by atoms with E-state index in [0.29, 0.717) is 0 Å². The fraction of sp³-hybridized carbons (Fsp3) is 0.714. The van der Waals surface area contributed by atoms with Crippen molar-refractivity contribution in [2.24, 2.45) is 11.7 Å². The Morgan fingerprint density at radius 2 is 1.84 bits per heavy atom. The van der Waals surface area contributed by atoms with Crippen LogP contribution in [0.5, 0.6) is 0 Å². The number of aromatic nitrogens is 2. The van der Waals surface area contributed by atoms with Gasteiger partial charge in [0.2, 0.25) is 0 Å². The monoisotopic (exact) mass is 261 g/mol. The van der Waals surface area contributed by atoms with Crippen LogP contribution in [0.15, 0.2) is 12.4 Å². The van der Waals surface area contributed by atoms with Gasteiger partial charge in [-0.1, -0.05) is 0 Å². The molecule has 1 atom stereocenters.